The molecule has 3 heteroatoms. The van der Waals surface area contributed by atoms with Gasteiger partial charge < -0.3 is 4.74 Å². The lowest BCUT2D eigenvalue weighted by Gasteiger charge is -2.08. The van der Waals surface area contributed by atoms with Crippen molar-refractivity contribution in [2.45, 2.75) is 0 Å². The number of ether oxygens (including phenoxy) is 1. The Hall–Kier alpha value is -2.55. The molecule has 0 amide bonds. The van der Waals surface area contributed by atoms with E-state index < -0.39 is 0 Å². The first-order chi connectivity index (χ1) is 9.38. The second-order valence-electron chi connectivity index (χ2n) is 4.20. The van der Waals surface area contributed by atoms with E-state index in [4.69, 9.17) is 4.74 Å². The average Bonchev–Trinajstić information content (AvgIpc) is 2.98. The second kappa shape index (κ2) is 4.98. The monoisotopic (exact) mass is 250 g/mol. The molecule has 0 aliphatic rings. The third-order valence-corrected chi connectivity index (χ3v) is 3.01. The fraction of sp³-hybridized carbons (Fsp3) is 0.0625. The topological polar surface area (TPSA) is 27.1 Å². The highest BCUT2D eigenvalue weighted by molar-refractivity contribution is 5.63. The number of aromatic nitrogens is 2. The third-order valence-electron chi connectivity index (χ3n) is 3.01. The van der Waals surface area contributed by atoms with Gasteiger partial charge in [-0.3, -0.25) is 0 Å². The highest BCUT2D eigenvalue weighted by atomic mass is 16.5. The molecule has 0 atom stereocenters. The number of nitrogens with zero attached hydrogens (tertiary/aromatic N) is 2. The van der Waals surface area contributed by atoms with E-state index in [0.29, 0.717) is 0 Å². The van der Waals surface area contributed by atoms with Crippen LogP contribution in [-0.4, -0.2) is 16.9 Å². The molecule has 0 saturated heterocycles. The van der Waals surface area contributed by atoms with Gasteiger partial charge in [-0.05, 0) is 30.3 Å². The van der Waals surface area contributed by atoms with E-state index in [-0.39, 0.29) is 0 Å². The summed E-state index contributed by atoms with van der Waals surface area (Å²) in [5.41, 5.74) is 3.18. The first kappa shape index (κ1) is 11.5. The zero-order chi connectivity index (χ0) is 13.1. The van der Waals surface area contributed by atoms with Crippen molar-refractivity contribution >= 4 is 0 Å². The standard InChI is InChI=1S/C16H14N2O/c1-19-15-9-5-6-13(12-15)16-10-11-17-18(16)14-7-3-2-4-8-14/h2-12H,1H3. The van der Waals surface area contributed by atoms with E-state index in [2.05, 4.69) is 11.2 Å². The van der Waals surface area contributed by atoms with Crippen molar-refractivity contribution in [3.05, 3.63) is 66.9 Å². The summed E-state index contributed by atoms with van der Waals surface area (Å²) < 4.78 is 7.19. The first-order valence-electron chi connectivity index (χ1n) is 6.12. The van der Waals surface area contributed by atoms with Crippen LogP contribution >= 0.6 is 0 Å². The second-order valence-corrected chi connectivity index (χ2v) is 4.20. The molecule has 0 N–H and O–H groups in total. The molecule has 94 valence electrons. The summed E-state index contributed by atoms with van der Waals surface area (Å²) in [6.07, 6.45) is 1.81. The zero-order valence-corrected chi connectivity index (χ0v) is 10.7. The molecule has 0 radical (unpaired) electrons. The zero-order valence-electron chi connectivity index (χ0n) is 10.7. The minimum Gasteiger partial charge on any atom is -0.497 e. The summed E-state index contributed by atoms with van der Waals surface area (Å²) in [7, 11) is 1.67. The number of methoxy groups -OCH3 is 1. The van der Waals surface area contributed by atoms with Crippen LogP contribution in [0.15, 0.2) is 66.9 Å². The molecule has 1 aromatic heterocycles. The van der Waals surface area contributed by atoms with Gasteiger partial charge in [-0.2, -0.15) is 5.10 Å². The quantitative estimate of drug-likeness (QED) is 0.710. The van der Waals surface area contributed by atoms with Gasteiger partial charge in [0.05, 0.1) is 24.7 Å². The van der Waals surface area contributed by atoms with Crippen LogP contribution in [0.3, 0.4) is 0 Å². The summed E-state index contributed by atoms with van der Waals surface area (Å²) in [4.78, 5) is 0. The van der Waals surface area contributed by atoms with Crippen LogP contribution in [0.25, 0.3) is 16.9 Å². The predicted molar refractivity (Wildman–Crippen MR) is 75.6 cm³/mol. The summed E-state index contributed by atoms with van der Waals surface area (Å²) in [5.74, 6) is 0.846. The Morgan fingerprint density at radius 3 is 2.58 bits per heavy atom. The maximum Gasteiger partial charge on any atom is 0.119 e. The molecule has 0 spiro atoms. The number of para-hydroxylation sites is 1. The highest BCUT2D eigenvalue weighted by Crippen LogP contribution is 2.25. The third kappa shape index (κ3) is 2.22. The predicted octanol–water partition coefficient (Wildman–Crippen LogP) is 3.55. The molecule has 3 nitrogen and oxygen atoms in total. The maximum absolute atomic E-state index is 5.27. The van der Waals surface area contributed by atoms with Crippen molar-refractivity contribution in [3.8, 4) is 22.7 Å². The van der Waals surface area contributed by atoms with Crippen molar-refractivity contribution in [1.82, 2.24) is 9.78 Å². The molecular weight excluding hydrogens is 236 g/mol. The summed E-state index contributed by atoms with van der Waals surface area (Å²) in [6.45, 7) is 0. The van der Waals surface area contributed by atoms with E-state index in [1.54, 1.807) is 7.11 Å². The van der Waals surface area contributed by atoms with E-state index in [0.717, 1.165) is 22.7 Å². The van der Waals surface area contributed by atoms with Crippen molar-refractivity contribution in [3.63, 3.8) is 0 Å². The Labute approximate surface area is 112 Å². The molecule has 0 aliphatic heterocycles. The van der Waals surface area contributed by atoms with E-state index >= 15 is 0 Å². The molecule has 0 saturated carbocycles. The van der Waals surface area contributed by atoms with Crippen molar-refractivity contribution in [2.24, 2.45) is 0 Å². The minimum atomic E-state index is 0.846. The molecule has 19 heavy (non-hydrogen) atoms. The number of rotatable bonds is 3. The van der Waals surface area contributed by atoms with Gasteiger partial charge >= 0.3 is 0 Å². The molecule has 0 fully saturated rings. The minimum absolute atomic E-state index is 0.846. The lowest BCUT2D eigenvalue weighted by atomic mass is 10.1. The first-order valence-corrected chi connectivity index (χ1v) is 6.12. The van der Waals surface area contributed by atoms with Crippen molar-refractivity contribution < 1.29 is 4.74 Å². The molecule has 0 bridgehead atoms. The summed E-state index contributed by atoms with van der Waals surface area (Å²) in [5, 5.41) is 4.39. The summed E-state index contributed by atoms with van der Waals surface area (Å²) in [6, 6.07) is 20.1. The maximum atomic E-state index is 5.27. The fourth-order valence-corrected chi connectivity index (χ4v) is 2.08. The average molecular weight is 250 g/mol. The van der Waals surface area contributed by atoms with Gasteiger partial charge in [0, 0.05) is 5.56 Å². The molecule has 3 aromatic rings. The molecular formula is C16H14N2O. The van der Waals surface area contributed by atoms with Gasteiger partial charge in [0.2, 0.25) is 0 Å². The van der Waals surface area contributed by atoms with Crippen LogP contribution in [0.1, 0.15) is 0 Å². The van der Waals surface area contributed by atoms with Gasteiger partial charge in [0.1, 0.15) is 5.75 Å². The summed E-state index contributed by atoms with van der Waals surface area (Å²) >= 11 is 0. The van der Waals surface area contributed by atoms with Crippen LogP contribution in [-0.2, 0) is 0 Å². The SMILES string of the molecule is COc1cccc(-c2ccnn2-c2ccccc2)c1. The molecule has 3 rings (SSSR count). The van der Waals surface area contributed by atoms with E-state index in [1.165, 1.54) is 0 Å². The van der Waals surface area contributed by atoms with Crippen LogP contribution in [0, 0.1) is 0 Å². The fourth-order valence-electron chi connectivity index (χ4n) is 2.08. The smallest absolute Gasteiger partial charge is 0.119 e. The number of benzene rings is 2. The highest BCUT2D eigenvalue weighted by Gasteiger charge is 2.07. The molecule has 1 heterocycles. The molecule has 2 aromatic carbocycles. The number of hydrogen-bond donors (Lipinski definition) is 0. The molecule has 0 aliphatic carbocycles. The van der Waals surface area contributed by atoms with Crippen LogP contribution in [0.2, 0.25) is 0 Å². The Kier molecular flexibility index (Phi) is 3.02. The van der Waals surface area contributed by atoms with Gasteiger partial charge in [-0.15, -0.1) is 0 Å². The van der Waals surface area contributed by atoms with Gasteiger partial charge in [0.15, 0.2) is 0 Å². The van der Waals surface area contributed by atoms with Gasteiger partial charge in [-0.25, -0.2) is 4.68 Å². The van der Waals surface area contributed by atoms with Crippen LogP contribution in [0.4, 0.5) is 0 Å². The Morgan fingerprint density at radius 2 is 1.79 bits per heavy atom. The van der Waals surface area contributed by atoms with Crippen LogP contribution < -0.4 is 4.74 Å². The van der Waals surface area contributed by atoms with E-state index in [9.17, 15) is 0 Å². The van der Waals surface area contributed by atoms with Gasteiger partial charge in [-0.1, -0.05) is 30.3 Å². The molecule has 0 unspecified atom stereocenters. The van der Waals surface area contributed by atoms with Crippen molar-refractivity contribution in [1.29, 1.82) is 0 Å². The van der Waals surface area contributed by atoms with E-state index in [1.807, 2.05) is 65.5 Å². The lowest BCUT2D eigenvalue weighted by Crippen LogP contribution is -1.98. The number of hydrogen-bond acceptors (Lipinski definition) is 2. The lowest BCUT2D eigenvalue weighted by molar-refractivity contribution is 0.415. The van der Waals surface area contributed by atoms with Crippen molar-refractivity contribution in [2.75, 3.05) is 7.11 Å². The largest absolute Gasteiger partial charge is 0.497 e. The Balaban J connectivity index is 2.09. The Bertz CT molecular complexity index is 674. The Morgan fingerprint density at radius 1 is 0.947 bits per heavy atom. The van der Waals surface area contributed by atoms with Gasteiger partial charge in [0.25, 0.3) is 0 Å². The van der Waals surface area contributed by atoms with Crippen LogP contribution in [0.5, 0.6) is 5.75 Å². The normalized spacial score (nSPS) is 10.4.